The van der Waals surface area contributed by atoms with Crippen LogP contribution in [0.4, 0.5) is 5.82 Å². The number of hydrogen-bond donors (Lipinski definition) is 2. The van der Waals surface area contributed by atoms with E-state index in [1.54, 1.807) is 0 Å². The van der Waals surface area contributed by atoms with Crippen LogP contribution in [0.1, 0.15) is 17.3 Å². The summed E-state index contributed by atoms with van der Waals surface area (Å²) in [7, 11) is 2.03. The van der Waals surface area contributed by atoms with Crippen molar-refractivity contribution in [3.8, 4) is 0 Å². The number of nitrogens with one attached hydrogen (secondary N) is 1. The van der Waals surface area contributed by atoms with Gasteiger partial charge in [-0.25, -0.2) is 9.78 Å². The average Bonchev–Trinajstić information content (AvgIpc) is 2.29. The second kappa shape index (κ2) is 6.07. The molecule has 2 N–H and O–H groups in total. The van der Waals surface area contributed by atoms with E-state index in [2.05, 4.69) is 22.1 Å². The van der Waals surface area contributed by atoms with Gasteiger partial charge in [0.15, 0.2) is 0 Å². The monoisotopic (exact) mass is 223 g/mol. The number of pyridine rings is 1. The van der Waals surface area contributed by atoms with Crippen LogP contribution in [-0.2, 0) is 0 Å². The van der Waals surface area contributed by atoms with Crippen molar-refractivity contribution in [1.82, 2.24) is 9.88 Å². The van der Waals surface area contributed by atoms with Gasteiger partial charge in [-0.3, -0.25) is 0 Å². The maximum Gasteiger partial charge on any atom is 0.335 e. The van der Waals surface area contributed by atoms with Crippen molar-refractivity contribution in [2.24, 2.45) is 0 Å². The third-order valence-electron chi connectivity index (χ3n) is 2.35. The van der Waals surface area contributed by atoms with Crippen LogP contribution in [0.25, 0.3) is 0 Å². The molecule has 16 heavy (non-hydrogen) atoms. The van der Waals surface area contributed by atoms with Crippen molar-refractivity contribution in [1.29, 1.82) is 0 Å². The Morgan fingerprint density at radius 2 is 2.38 bits per heavy atom. The summed E-state index contributed by atoms with van der Waals surface area (Å²) in [6, 6.07) is 3.01. The molecule has 1 aromatic heterocycles. The first kappa shape index (κ1) is 12.4. The molecule has 0 spiro atoms. The minimum absolute atomic E-state index is 0.251. The first-order chi connectivity index (χ1) is 7.63. The summed E-state index contributed by atoms with van der Waals surface area (Å²) in [5, 5.41) is 11.9. The zero-order valence-corrected chi connectivity index (χ0v) is 9.60. The Kier molecular flexibility index (Phi) is 4.72. The fraction of sp³-hybridized carbons (Fsp3) is 0.455. The second-order valence-electron chi connectivity index (χ2n) is 3.56. The number of nitrogens with zero attached hydrogens (tertiary/aromatic N) is 2. The molecule has 1 heterocycles. The second-order valence-corrected chi connectivity index (χ2v) is 3.56. The molecule has 0 aliphatic carbocycles. The molecule has 0 aromatic carbocycles. The number of carboxylic acids is 1. The van der Waals surface area contributed by atoms with E-state index in [1.165, 1.54) is 18.3 Å². The lowest BCUT2D eigenvalue weighted by molar-refractivity contribution is 0.0697. The molecule has 0 atom stereocenters. The Morgan fingerprint density at radius 1 is 1.62 bits per heavy atom. The number of likely N-dealkylation sites (N-methyl/N-ethyl adjacent to an activating group) is 1. The first-order valence-corrected chi connectivity index (χ1v) is 5.25. The predicted octanol–water partition coefficient (Wildman–Crippen LogP) is 1.14. The van der Waals surface area contributed by atoms with E-state index >= 15 is 0 Å². The molecule has 0 aliphatic heterocycles. The predicted molar refractivity (Wildman–Crippen MR) is 62.9 cm³/mol. The van der Waals surface area contributed by atoms with Crippen molar-refractivity contribution in [2.75, 3.05) is 32.0 Å². The zero-order chi connectivity index (χ0) is 12.0. The Balaban J connectivity index is 2.48. The van der Waals surface area contributed by atoms with Crippen LogP contribution >= 0.6 is 0 Å². The molecule has 5 nitrogen and oxygen atoms in total. The summed E-state index contributed by atoms with van der Waals surface area (Å²) >= 11 is 0. The summed E-state index contributed by atoms with van der Waals surface area (Å²) in [5.74, 6) is -0.333. The Hall–Kier alpha value is -1.62. The van der Waals surface area contributed by atoms with Crippen LogP contribution in [0, 0.1) is 0 Å². The number of carbonyl (C=O) groups is 1. The van der Waals surface area contributed by atoms with E-state index in [9.17, 15) is 4.79 Å². The van der Waals surface area contributed by atoms with Crippen LogP contribution in [0.5, 0.6) is 0 Å². The molecule has 1 aromatic rings. The smallest absolute Gasteiger partial charge is 0.335 e. The minimum Gasteiger partial charge on any atom is -0.478 e. The fourth-order valence-corrected chi connectivity index (χ4v) is 1.19. The van der Waals surface area contributed by atoms with Gasteiger partial charge in [-0.15, -0.1) is 0 Å². The van der Waals surface area contributed by atoms with Gasteiger partial charge in [-0.05, 0) is 25.7 Å². The quantitative estimate of drug-likeness (QED) is 0.757. The summed E-state index contributed by atoms with van der Waals surface area (Å²) < 4.78 is 0. The van der Waals surface area contributed by atoms with Gasteiger partial charge < -0.3 is 15.3 Å². The van der Waals surface area contributed by atoms with E-state index in [0.29, 0.717) is 5.82 Å². The third kappa shape index (κ3) is 3.86. The SMILES string of the molecule is CCN(C)CCNc1cc(C(=O)O)ccn1. The van der Waals surface area contributed by atoms with Crippen LogP contribution in [0.2, 0.25) is 0 Å². The van der Waals surface area contributed by atoms with Gasteiger partial charge in [0.25, 0.3) is 0 Å². The molecular formula is C11H17N3O2. The van der Waals surface area contributed by atoms with E-state index in [4.69, 9.17) is 5.11 Å². The highest BCUT2D eigenvalue weighted by Crippen LogP contribution is 2.06. The molecule has 0 unspecified atom stereocenters. The normalized spacial score (nSPS) is 10.4. The van der Waals surface area contributed by atoms with E-state index < -0.39 is 5.97 Å². The Labute approximate surface area is 95.1 Å². The topological polar surface area (TPSA) is 65.5 Å². The summed E-state index contributed by atoms with van der Waals surface area (Å²) in [6.45, 7) is 4.73. The Morgan fingerprint density at radius 3 is 3.00 bits per heavy atom. The van der Waals surface area contributed by atoms with Crippen molar-refractivity contribution >= 4 is 11.8 Å². The summed E-state index contributed by atoms with van der Waals surface area (Å²) in [4.78, 5) is 16.9. The lowest BCUT2D eigenvalue weighted by Crippen LogP contribution is -2.24. The molecule has 5 heteroatoms. The maximum atomic E-state index is 10.7. The molecule has 0 amide bonds. The third-order valence-corrected chi connectivity index (χ3v) is 2.35. The maximum absolute atomic E-state index is 10.7. The fourth-order valence-electron chi connectivity index (χ4n) is 1.19. The molecule has 88 valence electrons. The molecule has 0 saturated heterocycles. The van der Waals surface area contributed by atoms with Gasteiger partial charge in [0.1, 0.15) is 5.82 Å². The van der Waals surface area contributed by atoms with Gasteiger partial charge >= 0.3 is 5.97 Å². The van der Waals surface area contributed by atoms with E-state index in [1.807, 2.05) is 7.05 Å². The number of carboxylic acid groups (broad SMARTS) is 1. The highest BCUT2D eigenvalue weighted by molar-refractivity contribution is 5.88. The van der Waals surface area contributed by atoms with Crippen LogP contribution in [-0.4, -0.2) is 47.6 Å². The van der Waals surface area contributed by atoms with Gasteiger partial charge in [-0.2, -0.15) is 0 Å². The van der Waals surface area contributed by atoms with Crippen molar-refractivity contribution in [3.63, 3.8) is 0 Å². The van der Waals surface area contributed by atoms with Crippen LogP contribution in [0.15, 0.2) is 18.3 Å². The lowest BCUT2D eigenvalue weighted by Gasteiger charge is -2.14. The van der Waals surface area contributed by atoms with Crippen molar-refractivity contribution in [2.45, 2.75) is 6.92 Å². The molecule has 0 aliphatic rings. The van der Waals surface area contributed by atoms with Crippen LogP contribution < -0.4 is 5.32 Å². The highest BCUT2D eigenvalue weighted by Gasteiger charge is 2.03. The molecular weight excluding hydrogens is 206 g/mol. The Bertz CT molecular complexity index is 355. The largest absolute Gasteiger partial charge is 0.478 e. The van der Waals surface area contributed by atoms with Crippen LogP contribution in [0.3, 0.4) is 0 Å². The number of rotatable bonds is 6. The van der Waals surface area contributed by atoms with Crippen molar-refractivity contribution in [3.05, 3.63) is 23.9 Å². The van der Waals surface area contributed by atoms with Gasteiger partial charge in [0, 0.05) is 19.3 Å². The zero-order valence-electron chi connectivity index (χ0n) is 9.60. The summed E-state index contributed by atoms with van der Waals surface area (Å²) in [6.07, 6.45) is 1.50. The molecule has 0 saturated carbocycles. The van der Waals surface area contributed by atoms with Gasteiger partial charge in [-0.1, -0.05) is 6.92 Å². The number of anilines is 1. The molecule has 0 bridgehead atoms. The number of aromatic nitrogens is 1. The molecule has 1 rings (SSSR count). The van der Waals surface area contributed by atoms with Crippen molar-refractivity contribution < 1.29 is 9.90 Å². The van der Waals surface area contributed by atoms with Gasteiger partial charge in [0.2, 0.25) is 0 Å². The lowest BCUT2D eigenvalue weighted by atomic mass is 10.2. The summed E-state index contributed by atoms with van der Waals surface area (Å²) in [5.41, 5.74) is 0.251. The first-order valence-electron chi connectivity index (χ1n) is 5.25. The van der Waals surface area contributed by atoms with E-state index in [-0.39, 0.29) is 5.56 Å². The average molecular weight is 223 g/mol. The molecule has 0 radical (unpaired) electrons. The molecule has 0 fully saturated rings. The minimum atomic E-state index is -0.934. The van der Waals surface area contributed by atoms with E-state index in [0.717, 1.165) is 19.6 Å². The number of hydrogen-bond acceptors (Lipinski definition) is 4. The number of aromatic carboxylic acids is 1. The van der Waals surface area contributed by atoms with Gasteiger partial charge in [0.05, 0.1) is 5.56 Å². The standard InChI is InChI=1S/C11H17N3O2/c1-3-14(2)7-6-13-10-8-9(11(15)16)4-5-12-10/h4-5,8H,3,6-7H2,1-2H3,(H,12,13)(H,15,16). The highest BCUT2D eigenvalue weighted by atomic mass is 16.4.